The fraction of sp³-hybridized carbons (Fsp3) is 0.800. The van der Waals surface area contributed by atoms with E-state index in [1.54, 1.807) is 6.33 Å². The van der Waals surface area contributed by atoms with E-state index in [9.17, 15) is 0 Å². The number of aromatic nitrogens is 3. The van der Waals surface area contributed by atoms with Gasteiger partial charge in [-0.3, -0.25) is 4.68 Å². The van der Waals surface area contributed by atoms with Crippen molar-refractivity contribution < 1.29 is 0 Å². The van der Waals surface area contributed by atoms with Gasteiger partial charge in [0.25, 0.3) is 0 Å². The Balaban J connectivity index is 2.00. The minimum atomic E-state index is 0.673. The van der Waals surface area contributed by atoms with Gasteiger partial charge in [-0.15, -0.1) is 0 Å². The molecular weight excluding hydrogens is 176 g/mol. The lowest BCUT2D eigenvalue weighted by molar-refractivity contribution is 0.410. The SMILES string of the molecule is CNC1CCCC1Cc1ncnn1C. The summed E-state index contributed by atoms with van der Waals surface area (Å²) in [5.74, 6) is 1.85. The van der Waals surface area contributed by atoms with Gasteiger partial charge >= 0.3 is 0 Å². The number of hydrogen-bond acceptors (Lipinski definition) is 3. The minimum Gasteiger partial charge on any atom is -0.317 e. The molecule has 1 aliphatic rings. The predicted molar refractivity (Wildman–Crippen MR) is 54.9 cm³/mol. The number of aryl methyl sites for hydroxylation is 1. The summed E-state index contributed by atoms with van der Waals surface area (Å²) in [4.78, 5) is 4.27. The first-order chi connectivity index (χ1) is 6.81. The summed E-state index contributed by atoms with van der Waals surface area (Å²) >= 11 is 0. The largest absolute Gasteiger partial charge is 0.317 e. The molecule has 0 saturated heterocycles. The van der Waals surface area contributed by atoms with E-state index in [0.717, 1.165) is 18.2 Å². The highest BCUT2D eigenvalue weighted by Crippen LogP contribution is 2.27. The molecule has 0 spiro atoms. The summed E-state index contributed by atoms with van der Waals surface area (Å²) < 4.78 is 1.88. The maximum absolute atomic E-state index is 4.27. The van der Waals surface area contributed by atoms with Crippen LogP contribution in [0.15, 0.2) is 6.33 Å². The van der Waals surface area contributed by atoms with Gasteiger partial charge in [0.1, 0.15) is 12.2 Å². The minimum absolute atomic E-state index is 0.673. The molecule has 78 valence electrons. The van der Waals surface area contributed by atoms with Crippen LogP contribution in [0.25, 0.3) is 0 Å². The molecule has 1 aliphatic carbocycles. The van der Waals surface area contributed by atoms with Gasteiger partial charge in [0.05, 0.1) is 0 Å². The van der Waals surface area contributed by atoms with Crippen LogP contribution in [0.1, 0.15) is 25.1 Å². The van der Waals surface area contributed by atoms with Crippen molar-refractivity contribution in [2.45, 2.75) is 31.7 Å². The molecule has 0 radical (unpaired) electrons. The second-order valence-corrected chi connectivity index (χ2v) is 4.09. The van der Waals surface area contributed by atoms with Crippen LogP contribution in [0.2, 0.25) is 0 Å². The molecule has 0 aromatic carbocycles. The van der Waals surface area contributed by atoms with E-state index in [0.29, 0.717) is 6.04 Å². The Kier molecular flexibility index (Phi) is 2.82. The smallest absolute Gasteiger partial charge is 0.138 e. The number of hydrogen-bond donors (Lipinski definition) is 1. The molecule has 14 heavy (non-hydrogen) atoms. The number of rotatable bonds is 3. The third kappa shape index (κ3) is 1.80. The van der Waals surface area contributed by atoms with E-state index in [-0.39, 0.29) is 0 Å². The van der Waals surface area contributed by atoms with Crippen molar-refractivity contribution in [1.82, 2.24) is 20.1 Å². The Morgan fingerprint density at radius 3 is 3.07 bits per heavy atom. The molecule has 1 heterocycles. The van der Waals surface area contributed by atoms with E-state index < -0.39 is 0 Å². The van der Waals surface area contributed by atoms with Crippen molar-refractivity contribution in [3.8, 4) is 0 Å². The molecular formula is C10H18N4. The van der Waals surface area contributed by atoms with Crippen LogP contribution in [-0.4, -0.2) is 27.9 Å². The quantitative estimate of drug-likeness (QED) is 0.772. The second-order valence-electron chi connectivity index (χ2n) is 4.09. The molecule has 1 aromatic heterocycles. The van der Waals surface area contributed by atoms with E-state index in [1.807, 2.05) is 11.7 Å². The summed E-state index contributed by atoms with van der Waals surface area (Å²) in [5.41, 5.74) is 0. The molecule has 0 aliphatic heterocycles. The molecule has 2 atom stereocenters. The Bertz CT molecular complexity index is 294. The molecule has 1 N–H and O–H groups in total. The Labute approximate surface area is 84.7 Å². The zero-order chi connectivity index (χ0) is 9.97. The maximum atomic E-state index is 4.27. The van der Waals surface area contributed by atoms with E-state index in [2.05, 4.69) is 22.4 Å². The Morgan fingerprint density at radius 2 is 2.43 bits per heavy atom. The van der Waals surface area contributed by atoms with Crippen molar-refractivity contribution in [3.05, 3.63) is 12.2 Å². The van der Waals surface area contributed by atoms with Crippen molar-refractivity contribution >= 4 is 0 Å². The van der Waals surface area contributed by atoms with Crippen molar-refractivity contribution in [1.29, 1.82) is 0 Å². The zero-order valence-corrected chi connectivity index (χ0v) is 8.90. The monoisotopic (exact) mass is 194 g/mol. The van der Waals surface area contributed by atoms with Gasteiger partial charge in [0.2, 0.25) is 0 Å². The standard InChI is InChI=1S/C10H18N4/c1-11-9-5-3-4-8(9)6-10-12-7-13-14(10)2/h7-9,11H,3-6H2,1-2H3. The summed E-state index contributed by atoms with van der Waals surface area (Å²) in [6, 6.07) is 0.673. The van der Waals surface area contributed by atoms with Gasteiger partial charge in [0, 0.05) is 19.5 Å². The third-order valence-electron chi connectivity index (χ3n) is 3.28. The summed E-state index contributed by atoms with van der Waals surface area (Å²) in [5, 5.41) is 7.48. The first-order valence-electron chi connectivity index (χ1n) is 5.31. The van der Waals surface area contributed by atoms with Gasteiger partial charge in [-0.1, -0.05) is 6.42 Å². The summed E-state index contributed by atoms with van der Waals surface area (Å²) in [7, 11) is 4.02. The topological polar surface area (TPSA) is 42.7 Å². The average Bonchev–Trinajstić information content (AvgIpc) is 2.77. The van der Waals surface area contributed by atoms with Crippen LogP contribution in [-0.2, 0) is 13.5 Å². The predicted octanol–water partition coefficient (Wildman–Crippen LogP) is 0.746. The molecule has 4 nitrogen and oxygen atoms in total. The third-order valence-corrected chi connectivity index (χ3v) is 3.28. The van der Waals surface area contributed by atoms with Gasteiger partial charge < -0.3 is 5.32 Å². The summed E-state index contributed by atoms with van der Waals surface area (Å²) in [6.07, 6.45) is 6.66. The van der Waals surface area contributed by atoms with Gasteiger partial charge in [-0.2, -0.15) is 5.10 Å². The van der Waals surface area contributed by atoms with Gasteiger partial charge in [-0.05, 0) is 25.8 Å². The lowest BCUT2D eigenvalue weighted by atomic mass is 9.99. The van der Waals surface area contributed by atoms with Crippen molar-refractivity contribution in [2.75, 3.05) is 7.05 Å². The van der Waals surface area contributed by atoms with E-state index >= 15 is 0 Å². The van der Waals surface area contributed by atoms with Gasteiger partial charge in [0.15, 0.2) is 0 Å². The summed E-state index contributed by atoms with van der Waals surface area (Å²) in [6.45, 7) is 0. The van der Waals surface area contributed by atoms with Crippen molar-refractivity contribution in [3.63, 3.8) is 0 Å². The highest BCUT2D eigenvalue weighted by atomic mass is 15.3. The van der Waals surface area contributed by atoms with Gasteiger partial charge in [-0.25, -0.2) is 4.98 Å². The van der Waals surface area contributed by atoms with Crippen LogP contribution in [0.4, 0.5) is 0 Å². The fourth-order valence-corrected chi connectivity index (χ4v) is 2.40. The van der Waals surface area contributed by atoms with Crippen LogP contribution in [0.3, 0.4) is 0 Å². The molecule has 4 heteroatoms. The highest BCUT2D eigenvalue weighted by Gasteiger charge is 2.26. The second kappa shape index (κ2) is 4.09. The molecule has 2 unspecified atom stereocenters. The van der Waals surface area contributed by atoms with Crippen molar-refractivity contribution in [2.24, 2.45) is 13.0 Å². The van der Waals surface area contributed by atoms with Crippen LogP contribution in [0.5, 0.6) is 0 Å². The van der Waals surface area contributed by atoms with E-state index in [1.165, 1.54) is 19.3 Å². The lowest BCUT2D eigenvalue weighted by Gasteiger charge is -2.17. The molecule has 0 amide bonds. The lowest BCUT2D eigenvalue weighted by Crippen LogP contribution is -2.30. The van der Waals surface area contributed by atoms with Crippen LogP contribution in [0, 0.1) is 5.92 Å². The van der Waals surface area contributed by atoms with Crippen LogP contribution >= 0.6 is 0 Å². The fourth-order valence-electron chi connectivity index (χ4n) is 2.40. The molecule has 1 fully saturated rings. The average molecular weight is 194 g/mol. The maximum Gasteiger partial charge on any atom is 0.138 e. The first kappa shape index (κ1) is 9.65. The Morgan fingerprint density at radius 1 is 1.57 bits per heavy atom. The molecule has 2 rings (SSSR count). The number of nitrogens with one attached hydrogen (secondary N) is 1. The first-order valence-corrected chi connectivity index (χ1v) is 5.31. The molecule has 1 aromatic rings. The molecule has 0 bridgehead atoms. The number of nitrogens with zero attached hydrogens (tertiary/aromatic N) is 3. The van der Waals surface area contributed by atoms with Crippen LogP contribution < -0.4 is 5.32 Å². The highest BCUT2D eigenvalue weighted by molar-refractivity contribution is 4.92. The molecule has 1 saturated carbocycles. The Hall–Kier alpha value is -0.900. The van der Waals surface area contributed by atoms with E-state index in [4.69, 9.17) is 0 Å². The zero-order valence-electron chi connectivity index (χ0n) is 8.90. The normalized spacial score (nSPS) is 27.0.